The minimum atomic E-state index is -0.389. The van der Waals surface area contributed by atoms with Gasteiger partial charge in [0.15, 0.2) is 5.69 Å². The molecule has 3 rings (SSSR count). The SMILES string of the molecule is CCCOc1ccc(-c2nonc2NC(=O)c2ccc(OC)c(Cl)c2)cc1. The van der Waals surface area contributed by atoms with E-state index in [0.717, 1.165) is 17.7 Å². The summed E-state index contributed by atoms with van der Waals surface area (Å²) in [4.78, 5) is 12.5. The molecule has 0 spiro atoms. The highest BCUT2D eigenvalue weighted by Gasteiger charge is 2.17. The largest absolute Gasteiger partial charge is 0.495 e. The molecule has 1 amide bonds. The van der Waals surface area contributed by atoms with Gasteiger partial charge >= 0.3 is 0 Å². The molecular formula is C19H18ClN3O4. The fraction of sp³-hybridized carbons (Fsp3) is 0.211. The summed E-state index contributed by atoms with van der Waals surface area (Å²) in [5.74, 6) is 1.08. The van der Waals surface area contributed by atoms with Crippen LogP contribution in [0.25, 0.3) is 11.3 Å². The predicted molar refractivity (Wildman–Crippen MR) is 101 cm³/mol. The highest BCUT2D eigenvalue weighted by molar-refractivity contribution is 6.32. The molecule has 0 aliphatic rings. The van der Waals surface area contributed by atoms with Crippen molar-refractivity contribution >= 4 is 23.3 Å². The molecular weight excluding hydrogens is 370 g/mol. The number of nitrogens with one attached hydrogen (secondary N) is 1. The summed E-state index contributed by atoms with van der Waals surface area (Å²) in [5, 5.41) is 10.7. The van der Waals surface area contributed by atoms with Crippen molar-refractivity contribution in [3.63, 3.8) is 0 Å². The van der Waals surface area contributed by atoms with Crippen LogP contribution in [-0.2, 0) is 0 Å². The molecule has 0 saturated carbocycles. The quantitative estimate of drug-likeness (QED) is 0.645. The Hall–Kier alpha value is -3.06. The Kier molecular flexibility index (Phi) is 5.93. The van der Waals surface area contributed by atoms with Crippen LogP contribution in [0.3, 0.4) is 0 Å². The summed E-state index contributed by atoms with van der Waals surface area (Å²) in [6.07, 6.45) is 0.931. The maximum absolute atomic E-state index is 12.5. The maximum atomic E-state index is 12.5. The zero-order chi connectivity index (χ0) is 19.2. The molecule has 0 aliphatic carbocycles. The first-order chi connectivity index (χ1) is 13.1. The topological polar surface area (TPSA) is 86.5 Å². The molecule has 7 nitrogen and oxygen atoms in total. The van der Waals surface area contributed by atoms with E-state index in [1.165, 1.54) is 13.2 Å². The zero-order valence-electron chi connectivity index (χ0n) is 14.9. The van der Waals surface area contributed by atoms with Crippen LogP contribution in [0, 0.1) is 0 Å². The number of nitrogens with zero attached hydrogens (tertiary/aromatic N) is 2. The summed E-state index contributed by atoms with van der Waals surface area (Å²) >= 11 is 6.07. The van der Waals surface area contributed by atoms with E-state index >= 15 is 0 Å². The van der Waals surface area contributed by atoms with Crippen LogP contribution >= 0.6 is 11.6 Å². The minimum absolute atomic E-state index is 0.217. The fourth-order valence-corrected chi connectivity index (χ4v) is 2.63. The van der Waals surface area contributed by atoms with Crippen LogP contribution in [-0.4, -0.2) is 29.9 Å². The van der Waals surface area contributed by atoms with Gasteiger partial charge < -0.3 is 14.8 Å². The molecule has 0 atom stereocenters. The average Bonchev–Trinajstić information content (AvgIpc) is 3.14. The molecule has 8 heteroatoms. The first kappa shape index (κ1) is 18.7. The van der Waals surface area contributed by atoms with Crippen LogP contribution < -0.4 is 14.8 Å². The lowest BCUT2D eigenvalue weighted by Crippen LogP contribution is -2.13. The van der Waals surface area contributed by atoms with Crippen LogP contribution in [0.5, 0.6) is 11.5 Å². The van der Waals surface area contributed by atoms with Crippen molar-refractivity contribution < 1.29 is 18.9 Å². The second kappa shape index (κ2) is 8.55. The van der Waals surface area contributed by atoms with Gasteiger partial charge in [0.1, 0.15) is 11.5 Å². The lowest BCUT2D eigenvalue weighted by molar-refractivity contribution is 0.102. The number of carbonyl (C=O) groups is 1. The van der Waals surface area contributed by atoms with Crippen molar-refractivity contribution in [2.75, 3.05) is 19.0 Å². The minimum Gasteiger partial charge on any atom is -0.495 e. The van der Waals surface area contributed by atoms with E-state index in [4.69, 9.17) is 25.7 Å². The summed E-state index contributed by atoms with van der Waals surface area (Å²) in [7, 11) is 1.51. The molecule has 27 heavy (non-hydrogen) atoms. The van der Waals surface area contributed by atoms with Crippen molar-refractivity contribution in [3.8, 4) is 22.8 Å². The monoisotopic (exact) mass is 387 g/mol. The van der Waals surface area contributed by atoms with Gasteiger partial charge in [0.05, 0.1) is 18.7 Å². The smallest absolute Gasteiger partial charge is 0.257 e. The van der Waals surface area contributed by atoms with Crippen LogP contribution in [0.4, 0.5) is 5.82 Å². The van der Waals surface area contributed by atoms with Gasteiger partial charge in [0.25, 0.3) is 5.91 Å². The van der Waals surface area contributed by atoms with E-state index in [0.29, 0.717) is 28.6 Å². The standard InChI is InChI=1S/C19H18ClN3O4/c1-3-10-26-14-7-4-12(5-8-14)17-18(23-27-22-17)21-19(24)13-6-9-16(25-2)15(20)11-13/h4-9,11H,3,10H2,1-2H3,(H,21,23,24). The molecule has 140 valence electrons. The molecule has 1 aromatic heterocycles. The van der Waals surface area contributed by atoms with Crippen molar-refractivity contribution in [2.45, 2.75) is 13.3 Å². The normalized spacial score (nSPS) is 10.5. The third-order valence-corrected chi connectivity index (χ3v) is 4.03. The number of benzene rings is 2. The zero-order valence-corrected chi connectivity index (χ0v) is 15.6. The Labute approximate surface area is 161 Å². The summed E-state index contributed by atoms with van der Waals surface area (Å²) in [5.41, 5.74) is 1.52. The van der Waals surface area contributed by atoms with Crippen molar-refractivity contribution in [1.82, 2.24) is 10.3 Å². The summed E-state index contributed by atoms with van der Waals surface area (Å²) in [6, 6.07) is 12.0. The number of amides is 1. The van der Waals surface area contributed by atoms with Gasteiger partial charge in [-0.25, -0.2) is 4.63 Å². The lowest BCUT2D eigenvalue weighted by Gasteiger charge is -2.07. The number of carbonyl (C=O) groups excluding carboxylic acids is 1. The number of halogens is 1. The number of hydrogen-bond donors (Lipinski definition) is 1. The Morgan fingerprint density at radius 2 is 1.96 bits per heavy atom. The molecule has 0 bridgehead atoms. The fourth-order valence-electron chi connectivity index (χ4n) is 2.38. The van der Waals surface area contributed by atoms with Crippen LogP contribution in [0.1, 0.15) is 23.7 Å². The third kappa shape index (κ3) is 4.38. The van der Waals surface area contributed by atoms with Gasteiger partial charge in [-0.05, 0) is 59.2 Å². The van der Waals surface area contributed by atoms with Gasteiger partial charge in [-0.15, -0.1) is 0 Å². The number of ether oxygens (including phenoxy) is 2. The van der Waals surface area contributed by atoms with Gasteiger partial charge in [0.2, 0.25) is 5.82 Å². The van der Waals surface area contributed by atoms with E-state index < -0.39 is 0 Å². The number of rotatable bonds is 7. The van der Waals surface area contributed by atoms with E-state index in [-0.39, 0.29) is 11.7 Å². The summed E-state index contributed by atoms with van der Waals surface area (Å²) < 4.78 is 15.4. The first-order valence-electron chi connectivity index (χ1n) is 8.33. The Bertz CT molecular complexity index is 925. The second-order valence-corrected chi connectivity index (χ2v) is 6.04. The maximum Gasteiger partial charge on any atom is 0.257 e. The molecule has 0 unspecified atom stereocenters. The van der Waals surface area contributed by atoms with Gasteiger partial charge in [-0.2, -0.15) is 0 Å². The molecule has 2 aromatic carbocycles. The van der Waals surface area contributed by atoms with Crippen molar-refractivity contribution in [2.24, 2.45) is 0 Å². The van der Waals surface area contributed by atoms with Crippen molar-refractivity contribution in [3.05, 3.63) is 53.1 Å². The molecule has 0 aliphatic heterocycles. The Balaban J connectivity index is 1.77. The van der Waals surface area contributed by atoms with Crippen LogP contribution in [0.15, 0.2) is 47.1 Å². The highest BCUT2D eigenvalue weighted by Crippen LogP contribution is 2.28. The number of aromatic nitrogens is 2. The highest BCUT2D eigenvalue weighted by atomic mass is 35.5. The van der Waals surface area contributed by atoms with Gasteiger partial charge in [0, 0.05) is 11.1 Å². The molecule has 0 saturated heterocycles. The van der Waals surface area contributed by atoms with E-state index in [9.17, 15) is 4.79 Å². The van der Waals surface area contributed by atoms with E-state index in [1.54, 1.807) is 12.1 Å². The number of anilines is 1. The Morgan fingerprint density at radius 1 is 1.19 bits per heavy atom. The third-order valence-electron chi connectivity index (χ3n) is 3.74. The molecule has 0 radical (unpaired) electrons. The first-order valence-corrected chi connectivity index (χ1v) is 8.71. The molecule has 1 heterocycles. The summed E-state index contributed by atoms with van der Waals surface area (Å²) in [6.45, 7) is 2.69. The Morgan fingerprint density at radius 3 is 2.63 bits per heavy atom. The lowest BCUT2D eigenvalue weighted by atomic mass is 10.1. The second-order valence-electron chi connectivity index (χ2n) is 5.64. The van der Waals surface area contributed by atoms with E-state index in [2.05, 4.69) is 15.6 Å². The molecule has 1 N–H and O–H groups in total. The van der Waals surface area contributed by atoms with Crippen molar-refractivity contribution in [1.29, 1.82) is 0 Å². The number of hydrogen-bond acceptors (Lipinski definition) is 6. The van der Waals surface area contributed by atoms with E-state index in [1.807, 2.05) is 31.2 Å². The van der Waals surface area contributed by atoms with Gasteiger partial charge in [-0.1, -0.05) is 18.5 Å². The molecule has 0 fully saturated rings. The average molecular weight is 388 g/mol. The van der Waals surface area contributed by atoms with Gasteiger partial charge in [-0.3, -0.25) is 4.79 Å². The number of methoxy groups -OCH3 is 1. The predicted octanol–water partition coefficient (Wildman–Crippen LogP) is 4.44. The molecule has 3 aromatic rings. The van der Waals surface area contributed by atoms with Crippen LogP contribution in [0.2, 0.25) is 5.02 Å².